The van der Waals surface area contributed by atoms with Crippen LogP contribution >= 0.6 is 0 Å². The average Bonchev–Trinajstić information content (AvgIpc) is 3.19. The number of carbonyl (C=O) groups excluding carboxylic acids is 2. The van der Waals surface area contributed by atoms with Gasteiger partial charge in [-0.15, -0.1) is 0 Å². The van der Waals surface area contributed by atoms with Gasteiger partial charge in [-0.3, -0.25) is 9.59 Å². The van der Waals surface area contributed by atoms with E-state index in [0.717, 1.165) is 30.5 Å². The minimum Gasteiger partial charge on any atom is -0.348 e. The smallest absolute Gasteiger partial charge is 0.243 e. The summed E-state index contributed by atoms with van der Waals surface area (Å²) in [5.74, 6) is -0.379. The van der Waals surface area contributed by atoms with Crippen LogP contribution in [-0.2, 0) is 16.1 Å². The summed E-state index contributed by atoms with van der Waals surface area (Å²) in [5, 5.41) is 0. The molecule has 0 saturated heterocycles. The quantitative estimate of drug-likeness (QED) is 0.674. The van der Waals surface area contributed by atoms with Crippen molar-refractivity contribution < 1.29 is 14.0 Å². The van der Waals surface area contributed by atoms with E-state index in [0.29, 0.717) is 26.1 Å². The Bertz CT molecular complexity index is 848. The molecule has 0 radical (unpaired) electrons. The van der Waals surface area contributed by atoms with Gasteiger partial charge in [0.2, 0.25) is 11.8 Å². The van der Waals surface area contributed by atoms with Crippen molar-refractivity contribution in [2.75, 3.05) is 19.6 Å². The predicted octanol–water partition coefficient (Wildman–Crippen LogP) is 3.99. The molecule has 1 unspecified atom stereocenters. The molecule has 0 N–H and O–H groups in total. The summed E-state index contributed by atoms with van der Waals surface area (Å²) in [4.78, 5) is 29.3. The maximum Gasteiger partial charge on any atom is 0.243 e. The molecule has 156 valence electrons. The summed E-state index contributed by atoms with van der Waals surface area (Å²) in [6, 6.07) is 10.0. The standard InChI is InChI=1S/C23H30FN3O2/c1-3-5-11-21(28)26(12-4-2)17-22(29)27-15-14-25-13-7-10-20(25)23(27)18-8-6-9-19(24)16-18/h6-10,13,16,23H,3-5,11-12,14-15,17H2,1-2H3. The number of nitrogens with zero attached hydrogens (tertiary/aromatic N) is 3. The molecular weight excluding hydrogens is 369 g/mol. The number of unbranched alkanes of at least 4 members (excludes halogenated alkanes) is 1. The van der Waals surface area contributed by atoms with Gasteiger partial charge in [0.1, 0.15) is 5.82 Å². The van der Waals surface area contributed by atoms with Gasteiger partial charge in [0, 0.05) is 37.9 Å². The highest BCUT2D eigenvalue weighted by Gasteiger charge is 2.33. The Kier molecular flexibility index (Phi) is 7.07. The first-order chi connectivity index (χ1) is 14.0. The zero-order valence-electron chi connectivity index (χ0n) is 17.3. The fraction of sp³-hybridized carbons (Fsp3) is 0.478. The molecule has 1 aliphatic heterocycles. The van der Waals surface area contributed by atoms with Crippen LogP contribution in [0.15, 0.2) is 42.6 Å². The lowest BCUT2D eigenvalue weighted by molar-refractivity contribution is -0.142. The van der Waals surface area contributed by atoms with E-state index < -0.39 is 0 Å². The Hall–Kier alpha value is -2.63. The van der Waals surface area contributed by atoms with E-state index in [1.807, 2.05) is 31.3 Å². The van der Waals surface area contributed by atoms with Crippen LogP contribution in [-0.4, -0.2) is 45.8 Å². The third kappa shape index (κ3) is 4.86. The van der Waals surface area contributed by atoms with Gasteiger partial charge in [-0.05, 0) is 42.7 Å². The van der Waals surface area contributed by atoms with Gasteiger partial charge >= 0.3 is 0 Å². The summed E-state index contributed by atoms with van der Waals surface area (Å²) in [6.07, 6.45) is 5.04. The lowest BCUT2D eigenvalue weighted by atomic mass is 9.99. The zero-order valence-corrected chi connectivity index (χ0v) is 17.3. The van der Waals surface area contributed by atoms with Gasteiger partial charge in [0.25, 0.3) is 0 Å². The van der Waals surface area contributed by atoms with Crippen LogP contribution in [0.2, 0.25) is 0 Å². The van der Waals surface area contributed by atoms with Crippen LogP contribution < -0.4 is 0 Å². The van der Waals surface area contributed by atoms with Crippen LogP contribution in [0.1, 0.15) is 56.8 Å². The third-order valence-corrected chi connectivity index (χ3v) is 5.44. The maximum absolute atomic E-state index is 13.9. The third-order valence-electron chi connectivity index (χ3n) is 5.44. The van der Waals surface area contributed by atoms with Crippen LogP contribution in [0.25, 0.3) is 0 Å². The zero-order chi connectivity index (χ0) is 20.8. The second kappa shape index (κ2) is 9.72. The Morgan fingerprint density at radius 3 is 2.69 bits per heavy atom. The molecule has 0 fully saturated rings. The van der Waals surface area contributed by atoms with Crippen molar-refractivity contribution in [1.82, 2.24) is 14.4 Å². The molecule has 1 aliphatic rings. The van der Waals surface area contributed by atoms with Gasteiger partial charge in [-0.25, -0.2) is 4.39 Å². The van der Waals surface area contributed by atoms with E-state index in [-0.39, 0.29) is 30.2 Å². The molecule has 0 spiro atoms. The minimum absolute atomic E-state index is 0.0322. The number of halogens is 1. The molecule has 2 amide bonds. The van der Waals surface area contributed by atoms with Crippen molar-refractivity contribution in [3.8, 4) is 0 Å². The molecular formula is C23H30FN3O2. The number of carbonyl (C=O) groups is 2. The Balaban J connectivity index is 1.85. The van der Waals surface area contributed by atoms with E-state index in [1.165, 1.54) is 12.1 Å². The lowest BCUT2D eigenvalue weighted by Crippen LogP contribution is -2.48. The van der Waals surface area contributed by atoms with Crippen molar-refractivity contribution >= 4 is 11.8 Å². The fourth-order valence-electron chi connectivity index (χ4n) is 3.98. The summed E-state index contributed by atoms with van der Waals surface area (Å²) in [5.41, 5.74) is 1.71. The number of hydrogen-bond acceptors (Lipinski definition) is 2. The lowest BCUT2D eigenvalue weighted by Gasteiger charge is -2.38. The molecule has 1 aromatic carbocycles. The van der Waals surface area contributed by atoms with Crippen LogP contribution in [0, 0.1) is 5.82 Å². The van der Waals surface area contributed by atoms with Gasteiger partial charge in [0.15, 0.2) is 0 Å². The Labute approximate surface area is 172 Å². The second-order valence-corrected chi connectivity index (χ2v) is 7.59. The van der Waals surface area contributed by atoms with Crippen LogP contribution in [0.5, 0.6) is 0 Å². The molecule has 5 nitrogen and oxygen atoms in total. The number of rotatable bonds is 8. The molecule has 29 heavy (non-hydrogen) atoms. The van der Waals surface area contributed by atoms with Crippen LogP contribution in [0.3, 0.4) is 0 Å². The summed E-state index contributed by atoms with van der Waals surface area (Å²) < 4.78 is 16.0. The molecule has 1 aromatic heterocycles. The molecule has 0 saturated carbocycles. The largest absolute Gasteiger partial charge is 0.348 e. The van der Waals surface area contributed by atoms with Crippen molar-refractivity contribution in [3.63, 3.8) is 0 Å². The SMILES string of the molecule is CCCCC(=O)N(CCC)CC(=O)N1CCn2cccc2C1c1cccc(F)c1. The molecule has 0 aliphatic carbocycles. The summed E-state index contributed by atoms with van der Waals surface area (Å²) in [6.45, 7) is 5.93. The summed E-state index contributed by atoms with van der Waals surface area (Å²) >= 11 is 0. The van der Waals surface area contributed by atoms with E-state index >= 15 is 0 Å². The number of aromatic nitrogens is 1. The first-order valence-electron chi connectivity index (χ1n) is 10.5. The van der Waals surface area contributed by atoms with Gasteiger partial charge < -0.3 is 14.4 Å². The van der Waals surface area contributed by atoms with Gasteiger partial charge in [-0.1, -0.05) is 32.4 Å². The van der Waals surface area contributed by atoms with E-state index in [1.54, 1.807) is 15.9 Å². The molecule has 6 heteroatoms. The maximum atomic E-state index is 13.9. The van der Waals surface area contributed by atoms with Crippen molar-refractivity contribution in [2.45, 2.75) is 52.1 Å². The number of hydrogen-bond donors (Lipinski definition) is 0. The number of fused-ring (bicyclic) bond motifs is 1. The van der Waals surface area contributed by atoms with Crippen molar-refractivity contribution in [3.05, 3.63) is 59.7 Å². The van der Waals surface area contributed by atoms with Gasteiger partial charge in [-0.2, -0.15) is 0 Å². The monoisotopic (exact) mass is 399 g/mol. The normalized spacial score (nSPS) is 15.8. The highest BCUT2D eigenvalue weighted by atomic mass is 19.1. The van der Waals surface area contributed by atoms with Crippen molar-refractivity contribution in [1.29, 1.82) is 0 Å². The fourth-order valence-corrected chi connectivity index (χ4v) is 3.98. The summed E-state index contributed by atoms with van der Waals surface area (Å²) in [7, 11) is 0. The number of benzene rings is 1. The highest BCUT2D eigenvalue weighted by Crippen LogP contribution is 2.32. The number of amides is 2. The first kappa shape index (κ1) is 21.1. The van der Waals surface area contributed by atoms with Gasteiger partial charge in [0.05, 0.1) is 12.6 Å². The average molecular weight is 400 g/mol. The molecule has 3 rings (SSSR count). The molecule has 2 heterocycles. The Morgan fingerprint density at radius 1 is 1.14 bits per heavy atom. The van der Waals surface area contributed by atoms with E-state index in [9.17, 15) is 14.0 Å². The minimum atomic E-state index is -0.351. The topological polar surface area (TPSA) is 45.6 Å². The highest BCUT2D eigenvalue weighted by molar-refractivity contribution is 5.85. The predicted molar refractivity (Wildman–Crippen MR) is 111 cm³/mol. The second-order valence-electron chi connectivity index (χ2n) is 7.59. The van der Waals surface area contributed by atoms with E-state index in [2.05, 4.69) is 11.5 Å². The molecule has 2 aromatic rings. The first-order valence-corrected chi connectivity index (χ1v) is 10.5. The van der Waals surface area contributed by atoms with Crippen molar-refractivity contribution in [2.24, 2.45) is 0 Å². The Morgan fingerprint density at radius 2 is 1.97 bits per heavy atom. The van der Waals surface area contributed by atoms with E-state index in [4.69, 9.17) is 0 Å². The molecule has 1 atom stereocenters. The van der Waals surface area contributed by atoms with Crippen LogP contribution in [0.4, 0.5) is 4.39 Å². The molecule has 0 bridgehead atoms.